The first-order valence-corrected chi connectivity index (χ1v) is 11.7. The van der Waals surface area contributed by atoms with Gasteiger partial charge in [-0.25, -0.2) is 9.97 Å². The molecular formula is C19H31N4O7P. The monoisotopic (exact) mass is 458 g/mol. The fourth-order valence-electron chi connectivity index (χ4n) is 3.64. The Balaban J connectivity index is 1.85. The summed E-state index contributed by atoms with van der Waals surface area (Å²) in [6.45, 7) is 5.95. The van der Waals surface area contributed by atoms with Crippen LogP contribution in [0.5, 0.6) is 0 Å². The van der Waals surface area contributed by atoms with E-state index in [0.717, 1.165) is 0 Å². The van der Waals surface area contributed by atoms with E-state index in [1.54, 1.807) is 33.0 Å². The van der Waals surface area contributed by atoms with Crippen molar-refractivity contribution in [1.82, 2.24) is 14.5 Å². The Bertz CT molecular complexity index is 999. The van der Waals surface area contributed by atoms with Crippen molar-refractivity contribution < 1.29 is 34.0 Å². The molecule has 1 saturated heterocycles. The molecule has 0 aliphatic carbocycles. The third-order valence-corrected chi connectivity index (χ3v) is 8.49. The van der Waals surface area contributed by atoms with Gasteiger partial charge >= 0.3 is 7.60 Å². The van der Waals surface area contributed by atoms with Crippen molar-refractivity contribution in [3.05, 3.63) is 18.6 Å². The van der Waals surface area contributed by atoms with Gasteiger partial charge in [-0.3, -0.25) is 9.13 Å². The number of aromatic nitrogens is 3. The van der Waals surface area contributed by atoms with Crippen LogP contribution in [-0.2, 0) is 19.6 Å². The van der Waals surface area contributed by atoms with Crippen LogP contribution in [0.15, 0.2) is 18.6 Å². The zero-order valence-corrected chi connectivity index (χ0v) is 19.0. The number of nitrogen functional groups attached to an aromatic ring is 1. The van der Waals surface area contributed by atoms with Gasteiger partial charge in [-0.1, -0.05) is 13.8 Å². The van der Waals surface area contributed by atoms with Crippen LogP contribution in [-0.4, -0.2) is 64.5 Å². The number of nitrogens with zero attached hydrogens (tertiary/aromatic N) is 3. The number of anilines is 1. The first kappa shape index (κ1) is 24.1. The van der Waals surface area contributed by atoms with Crippen LogP contribution in [0, 0.1) is 0 Å². The molecule has 2 aromatic heterocycles. The fourth-order valence-corrected chi connectivity index (χ4v) is 5.04. The van der Waals surface area contributed by atoms with Gasteiger partial charge in [-0.05, 0) is 32.8 Å². The van der Waals surface area contributed by atoms with Crippen LogP contribution in [0.4, 0.5) is 5.82 Å². The minimum Gasteiger partial charge on any atom is -0.385 e. The highest BCUT2D eigenvalue weighted by Gasteiger charge is 2.53. The fraction of sp³-hybridized carbons (Fsp3) is 0.684. The largest absolute Gasteiger partial charge is 0.385 e. The van der Waals surface area contributed by atoms with Gasteiger partial charge < -0.3 is 35.2 Å². The predicted molar refractivity (Wildman–Crippen MR) is 113 cm³/mol. The van der Waals surface area contributed by atoms with E-state index in [1.807, 2.05) is 0 Å². The van der Waals surface area contributed by atoms with Gasteiger partial charge in [0.05, 0.1) is 23.7 Å². The third kappa shape index (κ3) is 4.11. The summed E-state index contributed by atoms with van der Waals surface area (Å²) in [5.41, 5.74) is 3.16. The molecule has 0 aromatic carbocycles. The molecule has 0 radical (unpaired) electrons. The summed E-state index contributed by atoms with van der Waals surface area (Å²) in [5, 5.41) is 31.1. The van der Waals surface area contributed by atoms with Crippen molar-refractivity contribution in [3.63, 3.8) is 0 Å². The number of hydrogen-bond donors (Lipinski definition) is 5. The highest BCUT2D eigenvalue weighted by Crippen LogP contribution is 2.59. The molecule has 0 amide bonds. The van der Waals surface area contributed by atoms with Crippen molar-refractivity contribution in [2.24, 2.45) is 0 Å². The van der Waals surface area contributed by atoms with Crippen LogP contribution in [0.1, 0.15) is 47.0 Å². The second-order valence-electron chi connectivity index (χ2n) is 8.54. The number of aliphatic hydroxyl groups excluding tert-OH is 1. The maximum Gasteiger partial charge on any atom is 0.359 e. The lowest BCUT2D eigenvalue weighted by Crippen LogP contribution is -2.47. The summed E-state index contributed by atoms with van der Waals surface area (Å²) in [6, 6.07) is 1.64. The van der Waals surface area contributed by atoms with Gasteiger partial charge in [-0.2, -0.15) is 0 Å². The molecule has 11 nitrogen and oxygen atoms in total. The van der Waals surface area contributed by atoms with Gasteiger partial charge in [0.15, 0.2) is 11.1 Å². The minimum atomic E-state index is -4.41. The second kappa shape index (κ2) is 8.08. The highest BCUT2D eigenvalue weighted by molar-refractivity contribution is 7.54. The van der Waals surface area contributed by atoms with E-state index in [4.69, 9.17) is 15.0 Å². The highest BCUT2D eigenvalue weighted by atomic mass is 31.2. The van der Waals surface area contributed by atoms with E-state index in [2.05, 4.69) is 9.97 Å². The van der Waals surface area contributed by atoms with Crippen LogP contribution in [0.2, 0.25) is 0 Å². The molecule has 31 heavy (non-hydrogen) atoms. The summed E-state index contributed by atoms with van der Waals surface area (Å²) >= 11 is 0. The molecule has 0 saturated carbocycles. The maximum absolute atomic E-state index is 12.7. The minimum absolute atomic E-state index is 0.00758. The number of nitrogens with two attached hydrogens (primary N) is 1. The summed E-state index contributed by atoms with van der Waals surface area (Å²) in [4.78, 5) is 18.4. The Hall–Kier alpha value is -1.59. The molecule has 3 heterocycles. The lowest BCUT2D eigenvalue weighted by atomic mass is 9.91. The van der Waals surface area contributed by atoms with E-state index in [1.165, 1.54) is 17.8 Å². The lowest BCUT2D eigenvalue weighted by molar-refractivity contribution is -0.111. The summed E-state index contributed by atoms with van der Waals surface area (Å²) in [7, 11) is -4.41. The zero-order valence-electron chi connectivity index (χ0n) is 18.1. The van der Waals surface area contributed by atoms with E-state index < -0.39 is 36.5 Å². The average Bonchev–Trinajstić information content (AvgIpc) is 3.26. The number of aliphatic hydroxyl groups is 3. The molecule has 2 aromatic rings. The van der Waals surface area contributed by atoms with E-state index in [9.17, 15) is 24.8 Å². The number of fused-ring (bicyclic) bond motifs is 1. The average molecular weight is 458 g/mol. The van der Waals surface area contributed by atoms with Gasteiger partial charge in [0, 0.05) is 12.6 Å². The van der Waals surface area contributed by atoms with Crippen LogP contribution >= 0.6 is 7.60 Å². The molecule has 3 unspecified atom stereocenters. The lowest BCUT2D eigenvalue weighted by Gasteiger charge is -2.38. The van der Waals surface area contributed by atoms with Gasteiger partial charge in [0.2, 0.25) is 0 Å². The molecule has 3 rings (SSSR count). The zero-order chi connectivity index (χ0) is 23.2. The normalized spacial score (nSPS) is 30.1. The molecule has 1 fully saturated rings. The molecular weight excluding hydrogens is 427 g/mol. The van der Waals surface area contributed by atoms with E-state index in [-0.39, 0.29) is 25.3 Å². The van der Waals surface area contributed by atoms with Crippen molar-refractivity contribution in [1.29, 1.82) is 0 Å². The Labute approximate surface area is 180 Å². The third-order valence-electron chi connectivity index (χ3n) is 6.27. The van der Waals surface area contributed by atoms with Crippen molar-refractivity contribution >= 4 is 24.4 Å². The Morgan fingerprint density at radius 3 is 2.68 bits per heavy atom. The van der Waals surface area contributed by atoms with Gasteiger partial charge in [-0.15, -0.1) is 0 Å². The number of ether oxygens (including phenoxy) is 1. The molecule has 0 spiro atoms. The van der Waals surface area contributed by atoms with E-state index in [0.29, 0.717) is 17.5 Å². The van der Waals surface area contributed by atoms with Crippen molar-refractivity contribution in [2.75, 3.05) is 12.3 Å². The quantitative estimate of drug-likeness (QED) is 0.363. The molecule has 174 valence electrons. The Morgan fingerprint density at radius 1 is 1.39 bits per heavy atom. The predicted octanol–water partition coefficient (Wildman–Crippen LogP) is 1.30. The first-order chi connectivity index (χ1) is 14.3. The topological polar surface area (TPSA) is 173 Å². The standard InChI is InChI=1S/C19H31N4O7P/c1-5-17(3,30-31(27,28)18(4,25)6-2)9-13-14(24)19(26,10-29-13)23-8-7-12-15(20)21-11-22-16(12)23/h7-8,11,13-14,24-26H,5-6,9-10H2,1-4H3,(H,27,28)(H2,20,21,22)/t13?,14-,17+,18?,19-/m1/s1. The van der Waals surface area contributed by atoms with Crippen molar-refractivity contribution in [3.8, 4) is 0 Å². The molecule has 12 heteroatoms. The molecule has 6 atom stereocenters. The van der Waals surface area contributed by atoms with Crippen molar-refractivity contribution in [2.45, 2.75) is 75.8 Å². The molecule has 1 aliphatic rings. The molecule has 0 bridgehead atoms. The molecule has 6 N–H and O–H groups in total. The SMILES string of the molecule is CCC(C)(O)P(=O)(O)O[C@@](C)(CC)CC1OC[C@](O)(n2ccc3c(N)ncnc32)[C@@H]1O. The summed E-state index contributed by atoms with van der Waals surface area (Å²) < 4.78 is 25.3. The van der Waals surface area contributed by atoms with Gasteiger partial charge in [0.25, 0.3) is 0 Å². The molecule has 1 aliphatic heterocycles. The van der Waals surface area contributed by atoms with Crippen LogP contribution in [0.25, 0.3) is 11.0 Å². The Morgan fingerprint density at radius 2 is 2.06 bits per heavy atom. The number of rotatable bonds is 8. The second-order valence-corrected chi connectivity index (χ2v) is 10.7. The summed E-state index contributed by atoms with van der Waals surface area (Å²) in [6.07, 6.45) is 0.843. The summed E-state index contributed by atoms with van der Waals surface area (Å²) in [5.74, 6) is 0.242. The van der Waals surface area contributed by atoms with Crippen LogP contribution < -0.4 is 5.73 Å². The first-order valence-electron chi connectivity index (χ1n) is 10.2. The smallest absolute Gasteiger partial charge is 0.359 e. The maximum atomic E-state index is 12.7. The van der Waals surface area contributed by atoms with Gasteiger partial charge in [0.1, 0.15) is 23.9 Å². The number of hydrogen-bond acceptors (Lipinski definition) is 9. The van der Waals surface area contributed by atoms with E-state index >= 15 is 0 Å². The Kier molecular flexibility index (Phi) is 6.27. The van der Waals surface area contributed by atoms with Crippen LogP contribution in [0.3, 0.4) is 0 Å².